The van der Waals surface area contributed by atoms with E-state index in [9.17, 15) is 4.79 Å². The number of rotatable bonds is 6. The summed E-state index contributed by atoms with van der Waals surface area (Å²) in [6.07, 6.45) is 3.54. The number of amides is 1. The first-order valence-electron chi connectivity index (χ1n) is 10.5. The summed E-state index contributed by atoms with van der Waals surface area (Å²) in [5.74, 6) is 2.14. The quantitative estimate of drug-likeness (QED) is 0.481. The molecule has 166 valence electrons. The molecule has 0 fully saturated rings. The Morgan fingerprint density at radius 1 is 1.12 bits per heavy atom. The van der Waals surface area contributed by atoms with Crippen LogP contribution in [0.15, 0.2) is 73.2 Å². The van der Waals surface area contributed by atoms with Crippen LogP contribution >= 0.6 is 0 Å². The highest BCUT2D eigenvalue weighted by Crippen LogP contribution is 2.36. The lowest BCUT2D eigenvalue weighted by molar-refractivity contribution is 0.0924. The van der Waals surface area contributed by atoms with E-state index in [1.165, 1.54) is 7.11 Å². The summed E-state index contributed by atoms with van der Waals surface area (Å²) in [5, 5.41) is 3.00. The first kappa shape index (κ1) is 20.6. The van der Waals surface area contributed by atoms with Crippen LogP contribution in [0.5, 0.6) is 23.1 Å². The SMILES string of the molecule is COc1nc(C(=O)N[C@H]2COc3ccc(Oc4ccccc4)cc32)ccc1-n1cnc(C)c1. The first-order valence-corrected chi connectivity index (χ1v) is 10.5. The average Bonchev–Trinajstić information content (AvgIpc) is 3.45. The number of aryl methyl sites for hydroxylation is 1. The second kappa shape index (κ2) is 8.66. The average molecular weight is 442 g/mol. The number of benzene rings is 2. The summed E-state index contributed by atoms with van der Waals surface area (Å²) in [7, 11) is 1.52. The maximum atomic E-state index is 13.0. The van der Waals surface area contributed by atoms with Gasteiger partial charge >= 0.3 is 0 Å². The van der Waals surface area contributed by atoms with Crippen molar-refractivity contribution >= 4 is 5.91 Å². The predicted octanol–water partition coefficient (Wildman–Crippen LogP) is 4.24. The van der Waals surface area contributed by atoms with E-state index in [0.29, 0.717) is 23.9 Å². The van der Waals surface area contributed by atoms with Gasteiger partial charge in [0.05, 0.1) is 25.2 Å². The Labute approximate surface area is 190 Å². The maximum Gasteiger partial charge on any atom is 0.270 e. The summed E-state index contributed by atoms with van der Waals surface area (Å²) in [6.45, 7) is 2.23. The molecule has 8 nitrogen and oxygen atoms in total. The Hall–Kier alpha value is -4.33. The summed E-state index contributed by atoms with van der Waals surface area (Å²) >= 11 is 0. The normalized spacial score (nSPS) is 14.3. The second-order valence-corrected chi connectivity index (χ2v) is 7.60. The van der Waals surface area contributed by atoms with Gasteiger partial charge in [-0.1, -0.05) is 18.2 Å². The van der Waals surface area contributed by atoms with E-state index in [1.807, 2.05) is 61.7 Å². The van der Waals surface area contributed by atoms with Crippen molar-refractivity contribution in [3.05, 3.63) is 90.1 Å². The minimum absolute atomic E-state index is 0.248. The van der Waals surface area contributed by atoms with E-state index in [1.54, 1.807) is 23.0 Å². The molecule has 0 aliphatic carbocycles. The molecule has 1 aliphatic rings. The summed E-state index contributed by atoms with van der Waals surface area (Å²) in [5.41, 5.74) is 2.67. The van der Waals surface area contributed by atoms with Crippen molar-refractivity contribution in [1.29, 1.82) is 0 Å². The number of hydrogen-bond acceptors (Lipinski definition) is 6. The van der Waals surface area contributed by atoms with Gasteiger partial charge in [-0.25, -0.2) is 9.97 Å². The van der Waals surface area contributed by atoms with Crippen LogP contribution in [0.25, 0.3) is 5.69 Å². The van der Waals surface area contributed by atoms with Gasteiger partial charge < -0.3 is 24.1 Å². The minimum Gasteiger partial charge on any atom is -0.491 e. The fourth-order valence-corrected chi connectivity index (χ4v) is 3.69. The van der Waals surface area contributed by atoms with Crippen LogP contribution in [-0.4, -0.2) is 34.2 Å². The smallest absolute Gasteiger partial charge is 0.270 e. The molecule has 1 aliphatic heterocycles. The molecule has 0 unspecified atom stereocenters. The molecule has 5 rings (SSSR count). The lowest BCUT2D eigenvalue weighted by atomic mass is 10.1. The van der Waals surface area contributed by atoms with Crippen molar-refractivity contribution in [1.82, 2.24) is 19.9 Å². The van der Waals surface area contributed by atoms with E-state index in [2.05, 4.69) is 15.3 Å². The van der Waals surface area contributed by atoms with Gasteiger partial charge in [0.2, 0.25) is 5.88 Å². The highest BCUT2D eigenvalue weighted by atomic mass is 16.5. The van der Waals surface area contributed by atoms with Gasteiger partial charge in [0.15, 0.2) is 0 Å². The lowest BCUT2D eigenvalue weighted by Crippen LogP contribution is -2.30. The second-order valence-electron chi connectivity index (χ2n) is 7.60. The molecular weight excluding hydrogens is 420 g/mol. The van der Waals surface area contributed by atoms with Crippen molar-refractivity contribution in [2.24, 2.45) is 0 Å². The van der Waals surface area contributed by atoms with Crippen molar-refractivity contribution in [2.45, 2.75) is 13.0 Å². The molecule has 1 N–H and O–H groups in total. The summed E-state index contributed by atoms with van der Waals surface area (Å²) in [6, 6.07) is 18.2. The van der Waals surface area contributed by atoms with E-state index in [-0.39, 0.29) is 17.6 Å². The van der Waals surface area contributed by atoms with Crippen LogP contribution in [-0.2, 0) is 0 Å². The Balaban J connectivity index is 1.34. The molecular formula is C25H22N4O4. The first-order chi connectivity index (χ1) is 16.1. The van der Waals surface area contributed by atoms with Crippen LogP contribution in [0.2, 0.25) is 0 Å². The Bertz CT molecular complexity index is 1300. The third-order valence-electron chi connectivity index (χ3n) is 5.30. The van der Waals surface area contributed by atoms with Gasteiger partial charge in [-0.15, -0.1) is 0 Å². The molecule has 1 amide bonds. The number of fused-ring (bicyclic) bond motifs is 1. The predicted molar refractivity (Wildman–Crippen MR) is 121 cm³/mol. The number of pyridine rings is 1. The number of aromatic nitrogens is 3. The van der Waals surface area contributed by atoms with Crippen molar-refractivity contribution in [3.63, 3.8) is 0 Å². The molecule has 8 heteroatoms. The highest BCUT2D eigenvalue weighted by Gasteiger charge is 2.27. The van der Waals surface area contributed by atoms with E-state index >= 15 is 0 Å². The number of nitrogens with one attached hydrogen (secondary N) is 1. The minimum atomic E-state index is -0.324. The van der Waals surface area contributed by atoms with Crippen LogP contribution < -0.4 is 19.5 Å². The van der Waals surface area contributed by atoms with Crippen LogP contribution in [0.3, 0.4) is 0 Å². The van der Waals surface area contributed by atoms with Crippen LogP contribution in [0.4, 0.5) is 0 Å². The Morgan fingerprint density at radius 2 is 1.97 bits per heavy atom. The molecule has 2 aromatic carbocycles. The molecule has 0 saturated heterocycles. The zero-order valence-corrected chi connectivity index (χ0v) is 18.2. The summed E-state index contributed by atoms with van der Waals surface area (Å²) in [4.78, 5) is 21.6. The van der Waals surface area contributed by atoms with Crippen LogP contribution in [0.1, 0.15) is 27.8 Å². The zero-order valence-electron chi connectivity index (χ0n) is 18.2. The van der Waals surface area contributed by atoms with Crippen molar-refractivity contribution in [3.8, 4) is 28.8 Å². The van der Waals surface area contributed by atoms with Crippen molar-refractivity contribution in [2.75, 3.05) is 13.7 Å². The van der Waals surface area contributed by atoms with Gasteiger partial charge in [-0.3, -0.25) is 4.79 Å². The molecule has 0 spiro atoms. The molecule has 4 aromatic rings. The zero-order chi connectivity index (χ0) is 22.8. The van der Waals surface area contributed by atoms with Gasteiger partial charge in [0, 0.05) is 11.8 Å². The number of nitrogens with zero attached hydrogens (tertiary/aromatic N) is 3. The lowest BCUT2D eigenvalue weighted by Gasteiger charge is -2.14. The van der Waals surface area contributed by atoms with Crippen molar-refractivity contribution < 1.29 is 19.0 Å². The van der Waals surface area contributed by atoms with E-state index in [0.717, 1.165) is 22.8 Å². The Morgan fingerprint density at radius 3 is 2.73 bits per heavy atom. The highest BCUT2D eigenvalue weighted by molar-refractivity contribution is 5.93. The number of para-hydroxylation sites is 1. The number of imidazole rings is 1. The fourth-order valence-electron chi connectivity index (χ4n) is 3.69. The standard InChI is InChI=1S/C25H22N4O4/c1-16-13-29(15-26-16)22-10-9-20(28-25(22)31-2)24(30)27-21-14-32-23-11-8-18(12-19(21)23)33-17-6-4-3-5-7-17/h3-13,15,21H,14H2,1-2H3,(H,27,30)/t21-/m0/s1. The number of ether oxygens (including phenoxy) is 3. The number of methoxy groups -OCH3 is 1. The monoisotopic (exact) mass is 442 g/mol. The molecule has 0 radical (unpaired) electrons. The van der Waals surface area contributed by atoms with Gasteiger partial charge in [0.1, 0.15) is 35.2 Å². The molecule has 3 heterocycles. The number of carbonyl (C=O) groups is 1. The van der Waals surface area contributed by atoms with Gasteiger partial charge in [0.25, 0.3) is 5.91 Å². The third-order valence-corrected chi connectivity index (χ3v) is 5.30. The largest absolute Gasteiger partial charge is 0.491 e. The number of hydrogen-bond donors (Lipinski definition) is 1. The molecule has 0 bridgehead atoms. The summed E-state index contributed by atoms with van der Waals surface area (Å²) < 4.78 is 18.9. The Kier molecular flexibility index (Phi) is 5.40. The molecule has 0 saturated carbocycles. The van der Waals surface area contributed by atoms with Gasteiger partial charge in [-0.05, 0) is 49.4 Å². The topological polar surface area (TPSA) is 87.5 Å². The van der Waals surface area contributed by atoms with Gasteiger partial charge in [-0.2, -0.15) is 0 Å². The van der Waals surface area contributed by atoms with E-state index in [4.69, 9.17) is 14.2 Å². The molecule has 1 atom stereocenters. The maximum absolute atomic E-state index is 13.0. The van der Waals surface area contributed by atoms with Crippen LogP contribution in [0, 0.1) is 6.92 Å². The third kappa shape index (κ3) is 4.23. The molecule has 2 aromatic heterocycles. The van der Waals surface area contributed by atoms with E-state index < -0.39 is 0 Å². The molecule has 33 heavy (non-hydrogen) atoms. The fraction of sp³-hybridized carbons (Fsp3) is 0.160. The number of carbonyl (C=O) groups excluding carboxylic acids is 1.